The summed E-state index contributed by atoms with van der Waals surface area (Å²) in [5.74, 6) is -2.61. The van der Waals surface area contributed by atoms with Gasteiger partial charge in [-0.2, -0.15) is 13.2 Å². The van der Waals surface area contributed by atoms with Gasteiger partial charge in [-0.05, 0) is 48.9 Å². The molecule has 1 fully saturated rings. The Morgan fingerprint density at radius 1 is 0.911 bits per heavy atom. The lowest BCUT2D eigenvalue weighted by Gasteiger charge is -2.35. The highest BCUT2D eigenvalue weighted by Crippen LogP contribution is 2.37. The fourth-order valence-electron chi connectivity index (χ4n) is 4.73. The molecule has 16 heteroatoms. The summed E-state index contributed by atoms with van der Waals surface area (Å²) >= 11 is 0. The van der Waals surface area contributed by atoms with Crippen LogP contribution >= 0.6 is 0 Å². The molecule has 0 spiro atoms. The molecule has 3 heterocycles. The number of hydrogen-bond acceptors (Lipinski definition) is 8. The van der Waals surface area contributed by atoms with E-state index < -0.39 is 44.1 Å². The molecule has 0 atom stereocenters. The Labute approximate surface area is 253 Å². The second kappa shape index (κ2) is 12.2. The van der Waals surface area contributed by atoms with Crippen molar-refractivity contribution < 1.29 is 40.0 Å². The SMILES string of the molecule is CC(=O)/C=C/C(=O)N1CCN(c2ncnc3ccc(-c4cnc(C(F)(F)F)c(NS(=O)(=O)c5ccc(F)cc5F)c4)cc23)CC1. The summed E-state index contributed by atoms with van der Waals surface area (Å²) in [5.41, 5.74) is -1.58. The number of rotatable bonds is 7. The van der Waals surface area contributed by atoms with Gasteiger partial charge in [0.2, 0.25) is 5.91 Å². The van der Waals surface area contributed by atoms with Crippen molar-refractivity contribution in [2.45, 2.75) is 18.0 Å². The van der Waals surface area contributed by atoms with Crippen molar-refractivity contribution in [1.29, 1.82) is 0 Å². The first-order valence-corrected chi connectivity index (χ1v) is 14.7. The molecule has 4 aromatic rings. The van der Waals surface area contributed by atoms with Crippen molar-refractivity contribution in [2.24, 2.45) is 0 Å². The van der Waals surface area contributed by atoms with E-state index in [9.17, 15) is 40.0 Å². The first-order chi connectivity index (χ1) is 21.2. The smallest absolute Gasteiger partial charge is 0.352 e. The number of amides is 1. The first-order valence-electron chi connectivity index (χ1n) is 13.3. The van der Waals surface area contributed by atoms with Gasteiger partial charge in [-0.3, -0.25) is 14.3 Å². The molecule has 0 unspecified atom stereocenters. The summed E-state index contributed by atoms with van der Waals surface area (Å²) in [7, 11) is -4.92. The molecule has 1 aliphatic heterocycles. The third-order valence-electron chi connectivity index (χ3n) is 6.88. The Morgan fingerprint density at radius 3 is 2.31 bits per heavy atom. The van der Waals surface area contributed by atoms with Gasteiger partial charge in [0.15, 0.2) is 11.5 Å². The number of allylic oxidation sites excluding steroid dienone is 1. The van der Waals surface area contributed by atoms with Gasteiger partial charge >= 0.3 is 6.18 Å². The summed E-state index contributed by atoms with van der Waals surface area (Å²) in [4.78, 5) is 38.1. The molecule has 10 nitrogen and oxygen atoms in total. The van der Waals surface area contributed by atoms with Gasteiger partial charge in [-0.25, -0.2) is 32.2 Å². The number of nitrogens with zero attached hydrogens (tertiary/aromatic N) is 5. The van der Waals surface area contributed by atoms with Crippen molar-refractivity contribution >= 4 is 44.1 Å². The van der Waals surface area contributed by atoms with E-state index in [1.165, 1.54) is 25.4 Å². The molecule has 1 saturated heterocycles. The van der Waals surface area contributed by atoms with Crippen LogP contribution in [0.25, 0.3) is 22.0 Å². The normalized spacial score (nSPS) is 14.3. The summed E-state index contributed by atoms with van der Waals surface area (Å²) in [6.45, 7) is 2.80. The molecule has 1 N–H and O–H groups in total. The molecule has 234 valence electrons. The topological polar surface area (TPSA) is 125 Å². The van der Waals surface area contributed by atoms with Gasteiger partial charge in [0.25, 0.3) is 10.0 Å². The molecule has 0 bridgehead atoms. The maximum Gasteiger partial charge on any atom is 0.435 e. The number of carbonyl (C=O) groups is 2. The van der Waals surface area contributed by atoms with Crippen LogP contribution in [0.15, 0.2) is 72.0 Å². The maximum absolute atomic E-state index is 14.2. The number of anilines is 2. The molecule has 0 aliphatic carbocycles. The highest BCUT2D eigenvalue weighted by atomic mass is 32.2. The Hall–Kier alpha value is -4.99. The third kappa shape index (κ3) is 6.90. The van der Waals surface area contributed by atoms with E-state index in [4.69, 9.17) is 0 Å². The summed E-state index contributed by atoms with van der Waals surface area (Å²) in [6, 6.07) is 7.25. The maximum atomic E-state index is 14.2. The van der Waals surface area contributed by atoms with Crippen LogP contribution in [0.2, 0.25) is 0 Å². The Morgan fingerprint density at radius 2 is 1.64 bits per heavy atom. The molecule has 45 heavy (non-hydrogen) atoms. The largest absolute Gasteiger partial charge is 0.435 e. The minimum Gasteiger partial charge on any atom is -0.352 e. The Balaban J connectivity index is 1.48. The number of benzene rings is 2. The van der Waals surface area contributed by atoms with Crippen LogP contribution in [0.3, 0.4) is 0 Å². The van der Waals surface area contributed by atoms with E-state index in [2.05, 4.69) is 15.0 Å². The van der Waals surface area contributed by atoms with Crippen LogP contribution in [-0.4, -0.2) is 66.1 Å². The fraction of sp³-hybridized carbons (Fsp3) is 0.207. The number of ketones is 1. The molecular weight excluding hydrogens is 623 g/mol. The van der Waals surface area contributed by atoms with Crippen molar-refractivity contribution in [1.82, 2.24) is 19.9 Å². The average Bonchev–Trinajstić information content (AvgIpc) is 2.98. The van der Waals surface area contributed by atoms with Gasteiger partial charge in [-0.1, -0.05) is 6.07 Å². The molecule has 1 amide bonds. The molecule has 0 saturated carbocycles. The second-order valence-corrected chi connectivity index (χ2v) is 11.6. The number of carbonyl (C=O) groups excluding carboxylic acids is 2. The van der Waals surface area contributed by atoms with Crippen LogP contribution in [0.1, 0.15) is 12.6 Å². The number of fused-ring (bicyclic) bond motifs is 1. The molecule has 2 aromatic carbocycles. The van der Waals surface area contributed by atoms with E-state index in [0.717, 1.165) is 12.3 Å². The number of alkyl halides is 3. The van der Waals surface area contributed by atoms with Crippen molar-refractivity contribution in [3.8, 4) is 11.1 Å². The van der Waals surface area contributed by atoms with Crippen LogP contribution in [-0.2, 0) is 25.8 Å². The van der Waals surface area contributed by atoms with Crippen molar-refractivity contribution in [2.75, 3.05) is 35.8 Å². The van der Waals surface area contributed by atoms with Gasteiger partial charge < -0.3 is 9.80 Å². The zero-order valence-electron chi connectivity index (χ0n) is 23.3. The van der Waals surface area contributed by atoms with Crippen molar-refractivity contribution in [3.05, 3.63) is 84.5 Å². The highest BCUT2D eigenvalue weighted by molar-refractivity contribution is 7.92. The highest BCUT2D eigenvalue weighted by Gasteiger charge is 2.37. The molecule has 0 radical (unpaired) electrons. The summed E-state index contributed by atoms with van der Waals surface area (Å²) in [5, 5.41) is 0.529. The van der Waals surface area contributed by atoms with Crippen molar-refractivity contribution in [3.63, 3.8) is 0 Å². The lowest BCUT2D eigenvalue weighted by atomic mass is 10.0. The lowest BCUT2D eigenvalue weighted by Crippen LogP contribution is -2.48. The number of hydrogen-bond donors (Lipinski definition) is 1. The fourth-order valence-corrected chi connectivity index (χ4v) is 5.84. The zero-order valence-corrected chi connectivity index (χ0v) is 24.2. The number of aromatic nitrogens is 3. The third-order valence-corrected chi connectivity index (χ3v) is 8.28. The monoisotopic (exact) mass is 646 g/mol. The van der Waals surface area contributed by atoms with Gasteiger partial charge in [0, 0.05) is 55.5 Å². The van der Waals surface area contributed by atoms with Gasteiger partial charge in [0.1, 0.15) is 28.7 Å². The molecule has 2 aromatic heterocycles. The Bertz CT molecular complexity index is 1940. The Kier molecular flexibility index (Phi) is 8.51. The zero-order chi connectivity index (χ0) is 32.5. The number of halogens is 5. The first kappa shape index (κ1) is 31.4. The van der Waals surface area contributed by atoms with E-state index in [-0.39, 0.29) is 17.3 Å². The minimum atomic E-state index is -5.08. The van der Waals surface area contributed by atoms with Gasteiger partial charge in [0.05, 0.1) is 11.2 Å². The van der Waals surface area contributed by atoms with Crippen LogP contribution in [0.5, 0.6) is 0 Å². The molecular formula is C29H23F5N6O4S. The number of piperazine rings is 1. The van der Waals surface area contributed by atoms with E-state index in [1.807, 2.05) is 4.90 Å². The van der Waals surface area contributed by atoms with Crippen LogP contribution < -0.4 is 9.62 Å². The number of sulfonamides is 1. The predicted molar refractivity (Wildman–Crippen MR) is 154 cm³/mol. The summed E-state index contributed by atoms with van der Waals surface area (Å²) < 4.78 is 96.5. The minimum absolute atomic E-state index is 0.0876. The second-order valence-electron chi connectivity index (χ2n) is 9.98. The molecule has 1 aliphatic rings. The van der Waals surface area contributed by atoms with E-state index >= 15 is 0 Å². The standard InChI is InChI=1S/C29H23F5N6O4S/c1-17(41)2-7-26(42)39-8-10-40(11-9-39)28-21-12-18(3-5-23(21)36-16-37-28)19-13-24(27(35-15-19)29(32,33)34)38-45(43,44)25-6-4-20(30)14-22(25)31/h2-7,12-16,38H,8-11H2,1H3/b7-2+. The average molecular weight is 647 g/mol. The number of pyridine rings is 1. The predicted octanol–water partition coefficient (Wildman–Crippen LogP) is 4.58. The van der Waals surface area contributed by atoms with Crippen LogP contribution in [0, 0.1) is 11.6 Å². The van der Waals surface area contributed by atoms with Crippen LogP contribution in [0.4, 0.5) is 33.5 Å². The number of nitrogens with one attached hydrogen (secondary N) is 1. The van der Waals surface area contributed by atoms with E-state index in [0.29, 0.717) is 66.7 Å². The molecule has 5 rings (SSSR count). The quantitative estimate of drug-likeness (QED) is 0.229. The van der Waals surface area contributed by atoms with Gasteiger partial charge in [-0.15, -0.1) is 0 Å². The summed E-state index contributed by atoms with van der Waals surface area (Å²) in [6.07, 6.45) is -0.392. The lowest BCUT2D eigenvalue weighted by molar-refractivity contribution is -0.140. The van der Waals surface area contributed by atoms with E-state index in [1.54, 1.807) is 27.8 Å².